The Labute approximate surface area is 109 Å². The third-order valence-corrected chi connectivity index (χ3v) is 3.33. The van der Waals surface area contributed by atoms with E-state index < -0.39 is 11.5 Å². The maximum absolute atomic E-state index is 11.8. The molecule has 1 saturated heterocycles. The van der Waals surface area contributed by atoms with Crippen molar-refractivity contribution >= 4 is 11.9 Å². The Morgan fingerprint density at radius 3 is 2.72 bits per heavy atom. The number of methoxy groups -OCH3 is 1. The summed E-state index contributed by atoms with van der Waals surface area (Å²) in [6.45, 7) is 5.38. The predicted octanol–water partition coefficient (Wildman–Crippen LogP) is 0.834. The molecule has 0 radical (unpaired) electrons. The van der Waals surface area contributed by atoms with Crippen LogP contribution in [0.15, 0.2) is 0 Å². The number of carbonyl (C=O) groups excluding carboxylic acids is 2. The molecule has 5 nitrogen and oxygen atoms in total. The molecule has 1 atom stereocenters. The second-order valence-electron chi connectivity index (χ2n) is 5.42. The third-order valence-electron chi connectivity index (χ3n) is 3.33. The van der Waals surface area contributed by atoms with Crippen molar-refractivity contribution in [3.63, 3.8) is 0 Å². The molecule has 1 heterocycles. The van der Waals surface area contributed by atoms with Gasteiger partial charge in [-0.1, -0.05) is 0 Å². The fourth-order valence-electron chi connectivity index (χ4n) is 2.22. The zero-order valence-corrected chi connectivity index (χ0v) is 11.5. The van der Waals surface area contributed by atoms with Crippen LogP contribution in [0.3, 0.4) is 0 Å². The molecule has 1 aliphatic rings. The molecule has 1 rings (SSSR count). The Hall–Kier alpha value is -1.10. The van der Waals surface area contributed by atoms with Gasteiger partial charge in [-0.15, -0.1) is 0 Å². The molecule has 0 aromatic heterocycles. The van der Waals surface area contributed by atoms with E-state index in [2.05, 4.69) is 15.4 Å². The molecule has 0 saturated carbocycles. The summed E-state index contributed by atoms with van der Waals surface area (Å²) in [5, 5.41) is 6.04. The van der Waals surface area contributed by atoms with Crippen molar-refractivity contribution in [2.75, 3.05) is 20.2 Å². The standard InChI is InChI=1S/C13H24N2O3/c1-13(2,12(17)18-3)15-11(16)7-6-10-5-4-8-14-9-10/h10,14H,4-9H2,1-3H3,(H,15,16). The van der Waals surface area contributed by atoms with E-state index in [0.717, 1.165) is 19.5 Å². The number of rotatable bonds is 5. The van der Waals surface area contributed by atoms with Crippen LogP contribution in [0.2, 0.25) is 0 Å². The lowest BCUT2D eigenvalue weighted by Gasteiger charge is -2.25. The molecule has 1 unspecified atom stereocenters. The molecule has 1 amide bonds. The molecular formula is C13H24N2O3. The fraction of sp³-hybridized carbons (Fsp3) is 0.846. The van der Waals surface area contributed by atoms with Crippen molar-refractivity contribution < 1.29 is 14.3 Å². The van der Waals surface area contributed by atoms with E-state index in [4.69, 9.17) is 0 Å². The Balaban J connectivity index is 2.30. The number of amides is 1. The van der Waals surface area contributed by atoms with E-state index in [1.807, 2.05) is 0 Å². The van der Waals surface area contributed by atoms with E-state index in [-0.39, 0.29) is 5.91 Å². The van der Waals surface area contributed by atoms with Gasteiger partial charge in [-0.3, -0.25) is 4.79 Å². The van der Waals surface area contributed by atoms with Crippen LogP contribution < -0.4 is 10.6 Å². The van der Waals surface area contributed by atoms with Crippen molar-refractivity contribution in [2.24, 2.45) is 5.92 Å². The van der Waals surface area contributed by atoms with Crippen LogP contribution in [0, 0.1) is 5.92 Å². The lowest BCUT2D eigenvalue weighted by molar-refractivity contribution is -0.149. The van der Waals surface area contributed by atoms with Crippen LogP contribution in [0.5, 0.6) is 0 Å². The summed E-state index contributed by atoms with van der Waals surface area (Å²) in [5.74, 6) is 0.0666. The highest BCUT2D eigenvalue weighted by Gasteiger charge is 2.30. The zero-order valence-electron chi connectivity index (χ0n) is 11.5. The van der Waals surface area contributed by atoms with Gasteiger partial charge in [-0.25, -0.2) is 4.79 Å². The molecule has 0 aromatic rings. The molecule has 0 spiro atoms. The van der Waals surface area contributed by atoms with E-state index in [1.54, 1.807) is 13.8 Å². The molecule has 1 fully saturated rings. The lowest BCUT2D eigenvalue weighted by Crippen LogP contribution is -2.50. The van der Waals surface area contributed by atoms with E-state index >= 15 is 0 Å². The summed E-state index contributed by atoms with van der Waals surface area (Å²) in [7, 11) is 1.32. The van der Waals surface area contributed by atoms with Crippen molar-refractivity contribution in [1.29, 1.82) is 0 Å². The van der Waals surface area contributed by atoms with Gasteiger partial charge in [-0.05, 0) is 52.1 Å². The number of nitrogens with one attached hydrogen (secondary N) is 2. The molecular weight excluding hydrogens is 232 g/mol. The van der Waals surface area contributed by atoms with Gasteiger partial charge in [0.25, 0.3) is 0 Å². The van der Waals surface area contributed by atoms with Gasteiger partial charge in [0.1, 0.15) is 5.54 Å². The van der Waals surface area contributed by atoms with Crippen molar-refractivity contribution in [2.45, 2.75) is 45.1 Å². The van der Waals surface area contributed by atoms with Gasteiger partial charge in [-0.2, -0.15) is 0 Å². The van der Waals surface area contributed by atoms with Crippen LogP contribution in [-0.2, 0) is 14.3 Å². The van der Waals surface area contributed by atoms with Gasteiger partial charge in [0.15, 0.2) is 0 Å². The van der Waals surface area contributed by atoms with Crippen LogP contribution >= 0.6 is 0 Å². The SMILES string of the molecule is COC(=O)C(C)(C)NC(=O)CCC1CCCNC1. The first-order valence-corrected chi connectivity index (χ1v) is 6.56. The minimum Gasteiger partial charge on any atom is -0.467 e. The second-order valence-corrected chi connectivity index (χ2v) is 5.42. The largest absolute Gasteiger partial charge is 0.467 e. The van der Waals surface area contributed by atoms with Crippen LogP contribution in [0.1, 0.15) is 39.5 Å². The summed E-state index contributed by atoms with van der Waals surface area (Å²) in [4.78, 5) is 23.2. The Bertz CT molecular complexity index is 297. The number of piperidine rings is 1. The highest BCUT2D eigenvalue weighted by molar-refractivity contribution is 5.87. The van der Waals surface area contributed by atoms with Crippen molar-refractivity contribution in [3.05, 3.63) is 0 Å². The number of hydrogen-bond donors (Lipinski definition) is 2. The zero-order chi connectivity index (χ0) is 13.6. The number of esters is 1. The van der Waals surface area contributed by atoms with Crippen molar-refractivity contribution in [1.82, 2.24) is 10.6 Å². The summed E-state index contributed by atoms with van der Waals surface area (Å²) in [6.07, 6.45) is 3.70. The Kier molecular flexibility index (Phi) is 5.59. The quantitative estimate of drug-likeness (QED) is 0.715. The monoisotopic (exact) mass is 256 g/mol. The van der Waals surface area contributed by atoms with E-state index in [1.165, 1.54) is 20.0 Å². The minimum absolute atomic E-state index is 0.0871. The summed E-state index contributed by atoms with van der Waals surface area (Å²) < 4.78 is 4.65. The molecule has 18 heavy (non-hydrogen) atoms. The highest BCUT2D eigenvalue weighted by Crippen LogP contribution is 2.16. The maximum atomic E-state index is 11.8. The smallest absolute Gasteiger partial charge is 0.330 e. The Morgan fingerprint density at radius 1 is 1.44 bits per heavy atom. The first kappa shape index (κ1) is 15.0. The van der Waals surface area contributed by atoms with Crippen LogP contribution in [0.25, 0.3) is 0 Å². The van der Waals surface area contributed by atoms with Gasteiger partial charge >= 0.3 is 5.97 Å². The fourth-order valence-corrected chi connectivity index (χ4v) is 2.22. The average Bonchev–Trinajstić information content (AvgIpc) is 2.36. The predicted molar refractivity (Wildman–Crippen MR) is 69.1 cm³/mol. The summed E-state index contributed by atoms with van der Waals surface area (Å²) >= 11 is 0. The second kappa shape index (κ2) is 6.73. The molecule has 104 valence electrons. The molecule has 2 N–H and O–H groups in total. The normalized spacial score (nSPS) is 20.3. The topological polar surface area (TPSA) is 67.4 Å². The number of carbonyl (C=O) groups is 2. The third kappa shape index (κ3) is 4.64. The molecule has 1 aliphatic heterocycles. The highest BCUT2D eigenvalue weighted by atomic mass is 16.5. The molecule has 0 aliphatic carbocycles. The molecule has 5 heteroatoms. The Morgan fingerprint density at radius 2 is 2.17 bits per heavy atom. The van der Waals surface area contributed by atoms with Crippen molar-refractivity contribution in [3.8, 4) is 0 Å². The summed E-state index contributed by atoms with van der Waals surface area (Å²) in [5.41, 5.74) is -0.948. The van der Waals surface area contributed by atoms with Gasteiger partial charge in [0.2, 0.25) is 5.91 Å². The minimum atomic E-state index is -0.948. The van der Waals surface area contributed by atoms with Crippen LogP contribution in [0.4, 0.5) is 0 Å². The first-order valence-electron chi connectivity index (χ1n) is 6.56. The molecule has 0 bridgehead atoms. The lowest BCUT2D eigenvalue weighted by atomic mass is 9.94. The van der Waals surface area contributed by atoms with Gasteiger partial charge in [0, 0.05) is 6.42 Å². The number of ether oxygens (including phenoxy) is 1. The van der Waals surface area contributed by atoms with E-state index in [0.29, 0.717) is 12.3 Å². The number of hydrogen-bond acceptors (Lipinski definition) is 4. The molecule has 0 aromatic carbocycles. The maximum Gasteiger partial charge on any atom is 0.330 e. The van der Waals surface area contributed by atoms with Gasteiger partial charge < -0.3 is 15.4 Å². The first-order chi connectivity index (χ1) is 8.45. The average molecular weight is 256 g/mol. The van der Waals surface area contributed by atoms with Gasteiger partial charge in [0.05, 0.1) is 7.11 Å². The van der Waals surface area contributed by atoms with E-state index in [9.17, 15) is 9.59 Å². The van der Waals surface area contributed by atoms with Crippen LogP contribution in [-0.4, -0.2) is 37.6 Å². The summed E-state index contributed by atoms with van der Waals surface area (Å²) in [6, 6.07) is 0.